The van der Waals surface area contributed by atoms with Crippen LogP contribution >= 0.6 is 0 Å². The van der Waals surface area contributed by atoms with Crippen LogP contribution in [-0.4, -0.2) is 32.8 Å². The molecule has 2 N–H and O–H groups in total. The molecule has 2 heterocycles. The quantitative estimate of drug-likeness (QED) is 0.792. The van der Waals surface area contributed by atoms with Gasteiger partial charge in [0.05, 0.1) is 11.6 Å². The van der Waals surface area contributed by atoms with Gasteiger partial charge >= 0.3 is 0 Å². The molecule has 0 bridgehead atoms. The Bertz CT molecular complexity index is 858. The number of hydrogen-bond donors (Lipinski definition) is 1. The van der Waals surface area contributed by atoms with Crippen LogP contribution in [0.5, 0.6) is 0 Å². The van der Waals surface area contributed by atoms with E-state index in [1.54, 1.807) is 17.5 Å². The van der Waals surface area contributed by atoms with E-state index in [4.69, 9.17) is 5.73 Å². The van der Waals surface area contributed by atoms with Crippen LogP contribution in [0.15, 0.2) is 36.4 Å². The maximum Gasteiger partial charge on any atom is 0.252 e. The summed E-state index contributed by atoms with van der Waals surface area (Å²) in [4.78, 5) is 13.7. The Morgan fingerprint density at radius 1 is 1.26 bits per heavy atom. The summed E-state index contributed by atoms with van der Waals surface area (Å²) in [6.45, 7) is 3.85. The summed E-state index contributed by atoms with van der Waals surface area (Å²) in [5.41, 5.74) is 7.31. The van der Waals surface area contributed by atoms with Crippen molar-refractivity contribution in [1.82, 2.24) is 19.8 Å². The highest BCUT2D eigenvalue weighted by molar-refractivity contribution is 5.99. The zero-order valence-corrected chi connectivity index (χ0v) is 13.3. The number of nitrogens with two attached hydrogens (primary N) is 1. The van der Waals surface area contributed by atoms with Crippen LogP contribution in [0.1, 0.15) is 34.7 Å². The predicted octanol–water partition coefficient (Wildman–Crippen LogP) is 1.73. The number of rotatable bonds is 4. The monoisotopic (exact) mass is 310 g/mol. The fourth-order valence-electron chi connectivity index (χ4n) is 2.48. The number of carbonyl (C=O) groups excluding carboxylic acids is 1. The number of anilines is 1. The lowest BCUT2D eigenvalue weighted by molar-refractivity contribution is 0.100. The van der Waals surface area contributed by atoms with Crippen molar-refractivity contribution >= 4 is 17.4 Å². The molecule has 3 rings (SSSR count). The largest absolute Gasteiger partial charge is 0.365 e. The first-order valence-electron chi connectivity index (χ1n) is 7.29. The first-order valence-corrected chi connectivity index (χ1v) is 7.29. The van der Waals surface area contributed by atoms with Gasteiger partial charge in [0.15, 0.2) is 17.3 Å². The van der Waals surface area contributed by atoms with Crippen molar-refractivity contribution in [2.45, 2.75) is 19.9 Å². The molecule has 0 saturated heterocycles. The molecule has 0 aliphatic carbocycles. The number of carbonyl (C=O) groups is 1. The fourth-order valence-corrected chi connectivity index (χ4v) is 2.48. The van der Waals surface area contributed by atoms with E-state index in [-0.39, 0.29) is 6.04 Å². The molecule has 0 aliphatic heterocycles. The third-order valence-corrected chi connectivity index (χ3v) is 4.00. The van der Waals surface area contributed by atoms with E-state index < -0.39 is 5.91 Å². The maximum atomic E-state index is 11.7. The summed E-state index contributed by atoms with van der Waals surface area (Å²) in [6.07, 6.45) is 0. The number of primary amides is 1. The van der Waals surface area contributed by atoms with Crippen LogP contribution < -0.4 is 10.6 Å². The van der Waals surface area contributed by atoms with Crippen LogP contribution in [0.2, 0.25) is 0 Å². The number of aromatic nitrogens is 4. The second-order valence-electron chi connectivity index (χ2n) is 5.46. The predicted molar refractivity (Wildman–Crippen MR) is 87.3 cm³/mol. The number of hydrogen-bond acceptors (Lipinski definition) is 5. The third kappa shape index (κ3) is 2.61. The highest BCUT2D eigenvalue weighted by Crippen LogP contribution is 2.25. The van der Waals surface area contributed by atoms with Gasteiger partial charge in [-0.1, -0.05) is 30.3 Å². The molecule has 7 nitrogen and oxygen atoms in total. The molecule has 0 spiro atoms. The molecule has 0 saturated carbocycles. The second-order valence-corrected chi connectivity index (χ2v) is 5.46. The summed E-state index contributed by atoms with van der Waals surface area (Å²) in [6, 6.07) is 11.8. The first-order chi connectivity index (χ1) is 11.0. The van der Waals surface area contributed by atoms with Gasteiger partial charge in [-0.3, -0.25) is 4.79 Å². The van der Waals surface area contributed by atoms with E-state index in [0.29, 0.717) is 22.9 Å². The van der Waals surface area contributed by atoms with Gasteiger partial charge in [-0.15, -0.1) is 15.3 Å². The molecular weight excluding hydrogens is 292 g/mol. The first kappa shape index (κ1) is 15.0. The van der Waals surface area contributed by atoms with E-state index in [9.17, 15) is 4.79 Å². The van der Waals surface area contributed by atoms with E-state index in [1.165, 1.54) is 0 Å². The van der Waals surface area contributed by atoms with E-state index in [1.807, 2.05) is 30.1 Å². The Labute approximate surface area is 133 Å². The summed E-state index contributed by atoms with van der Waals surface area (Å²) in [5.74, 6) is 0.683. The van der Waals surface area contributed by atoms with Crippen LogP contribution in [-0.2, 0) is 0 Å². The van der Waals surface area contributed by atoms with Crippen molar-refractivity contribution in [2.24, 2.45) is 5.73 Å². The second kappa shape index (κ2) is 5.68. The van der Waals surface area contributed by atoms with Crippen molar-refractivity contribution in [3.8, 4) is 0 Å². The highest BCUT2D eigenvalue weighted by Gasteiger charge is 2.19. The molecule has 2 aromatic heterocycles. The Hall–Kier alpha value is -2.96. The van der Waals surface area contributed by atoms with E-state index in [0.717, 1.165) is 5.56 Å². The van der Waals surface area contributed by atoms with Gasteiger partial charge in [-0.2, -0.15) is 4.52 Å². The molecule has 0 fully saturated rings. The summed E-state index contributed by atoms with van der Waals surface area (Å²) >= 11 is 0. The molecule has 3 aromatic rings. The average Bonchev–Trinajstić information content (AvgIpc) is 2.94. The Morgan fingerprint density at radius 3 is 2.61 bits per heavy atom. The molecule has 118 valence electrons. The molecule has 1 aromatic carbocycles. The maximum absolute atomic E-state index is 11.7. The van der Waals surface area contributed by atoms with Crippen LogP contribution in [0.25, 0.3) is 5.65 Å². The molecule has 0 unspecified atom stereocenters. The lowest BCUT2D eigenvalue weighted by Crippen LogP contribution is -2.25. The summed E-state index contributed by atoms with van der Waals surface area (Å²) in [7, 11) is 1.93. The van der Waals surface area contributed by atoms with Gasteiger partial charge in [0, 0.05) is 7.05 Å². The van der Waals surface area contributed by atoms with Crippen molar-refractivity contribution in [2.75, 3.05) is 11.9 Å². The summed E-state index contributed by atoms with van der Waals surface area (Å²) < 4.78 is 1.55. The number of nitrogens with zero attached hydrogens (tertiary/aromatic N) is 5. The Kier molecular flexibility index (Phi) is 3.69. The minimum absolute atomic E-state index is 0.0821. The molecule has 0 aliphatic rings. The Morgan fingerprint density at radius 2 is 1.96 bits per heavy atom. The summed E-state index contributed by atoms with van der Waals surface area (Å²) in [5, 5.41) is 12.5. The SMILES string of the molecule is Cc1nnc2c(C(N)=O)cc(N(C)[C@@H](C)c3ccccc3)nn12. The van der Waals surface area contributed by atoms with Crippen LogP contribution in [0.4, 0.5) is 5.82 Å². The zero-order valence-electron chi connectivity index (χ0n) is 13.3. The van der Waals surface area contributed by atoms with Crippen LogP contribution in [0, 0.1) is 6.92 Å². The number of aryl methyl sites for hydroxylation is 1. The van der Waals surface area contributed by atoms with Gasteiger partial charge < -0.3 is 10.6 Å². The minimum atomic E-state index is -0.549. The fraction of sp³-hybridized carbons (Fsp3) is 0.250. The number of amides is 1. The van der Waals surface area contributed by atoms with Gasteiger partial charge in [0.1, 0.15) is 0 Å². The standard InChI is InChI=1S/C16H18N6O/c1-10(12-7-5-4-6-8-12)21(3)14-9-13(15(17)23)16-19-18-11(2)22(16)20-14/h4-10H,1-3H3,(H2,17,23)/t10-/m0/s1. The van der Waals surface area contributed by atoms with Crippen molar-refractivity contribution in [3.63, 3.8) is 0 Å². The van der Waals surface area contributed by atoms with Crippen molar-refractivity contribution in [1.29, 1.82) is 0 Å². The lowest BCUT2D eigenvalue weighted by Gasteiger charge is -2.26. The molecular formula is C16H18N6O. The molecule has 23 heavy (non-hydrogen) atoms. The number of fused-ring (bicyclic) bond motifs is 1. The third-order valence-electron chi connectivity index (χ3n) is 4.00. The molecule has 1 amide bonds. The normalized spacial score (nSPS) is 12.3. The van der Waals surface area contributed by atoms with Gasteiger partial charge in [-0.25, -0.2) is 0 Å². The van der Waals surface area contributed by atoms with E-state index >= 15 is 0 Å². The molecule has 7 heteroatoms. The van der Waals surface area contributed by atoms with E-state index in [2.05, 4.69) is 34.4 Å². The number of benzene rings is 1. The smallest absolute Gasteiger partial charge is 0.252 e. The highest BCUT2D eigenvalue weighted by atomic mass is 16.1. The zero-order chi connectivity index (χ0) is 16.6. The van der Waals surface area contributed by atoms with Gasteiger partial charge in [-0.05, 0) is 25.5 Å². The Balaban J connectivity index is 2.08. The van der Waals surface area contributed by atoms with Gasteiger partial charge in [0.25, 0.3) is 5.91 Å². The van der Waals surface area contributed by atoms with Crippen LogP contribution in [0.3, 0.4) is 0 Å². The van der Waals surface area contributed by atoms with Gasteiger partial charge in [0.2, 0.25) is 0 Å². The van der Waals surface area contributed by atoms with Crippen molar-refractivity contribution < 1.29 is 4.79 Å². The average molecular weight is 310 g/mol. The molecule has 0 radical (unpaired) electrons. The van der Waals surface area contributed by atoms with Crippen molar-refractivity contribution in [3.05, 3.63) is 53.3 Å². The lowest BCUT2D eigenvalue weighted by atomic mass is 10.1. The minimum Gasteiger partial charge on any atom is -0.365 e. The topological polar surface area (TPSA) is 89.4 Å². The molecule has 1 atom stereocenters.